The number of ether oxygens (including phenoxy) is 1. The highest BCUT2D eigenvalue weighted by Crippen LogP contribution is 2.05. The van der Waals surface area contributed by atoms with Crippen LogP contribution in [-0.4, -0.2) is 61.3 Å². The van der Waals surface area contributed by atoms with Crippen LogP contribution in [0, 0.1) is 6.33 Å². The Morgan fingerprint density at radius 3 is 3.00 bits per heavy atom. The molecule has 0 saturated carbocycles. The van der Waals surface area contributed by atoms with E-state index in [1.807, 2.05) is 13.1 Å². The van der Waals surface area contributed by atoms with Crippen molar-refractivity contribution in [3.8, 4) is 0 Å². The van der Waals surface area contributed by atoms with Crippen molar-refractivity contribution in [2.75, 3.05) is 51.3 Å². The molecule has 0 aromatic carbocycles. The monoisotopic (exact) mass is 221 g/mol. The number of rotatable bonds is 4. The van der Waals surface area contributed by atoms with E-state index in [9.17, 15) is 0 Å². The van der Waals surface area contributed by atoms with Gasteiger partial charge in [-0.15, -0.1) is 0 Å². The molecule has 0 atom stereocenters. The Labute approximate surface area is 96.1 Å². The summed E-state index contributed by atoms with van der Waals surface area (Å²) in [4.78, 5) is 12.4. The molecule has 0 amide bonds. The summed E-state index contributed by atoms with van der Waals surface area (Å²) < 4.78 is 5.31. The van der Waals surface area contributed by atoms with Crippen molar-refractivity contribution in [1.82, 2.24) is 14.9 Å². The zero-order valence-corrected chi connectivity index (χ0v) is 9.59. The van der Waals surface area contributed by atoms with E-state index in [2.05, 4.69) is 26.1 Å². The second kappa shape index (κ2) is 5.77. The van der Waals surface area contributed by atoms with E-state index in [0.717, 1.165) is 45.2 Å². The fourth-order valence-electron chi connectivity index (χ4n) is 1.70. The molecule has 1 aromatic rings. The highest BCUT2D eigenvalue weighted by Gasteiger charge is 2.11. The van der Waals surface area contributed by atoms with Crippen molar-refractivity contribution in [3.05, 3.63) is 18.6 Å². The highest BCUT2D eigenvalue weighted by atomic mass is 16.5. The van der Waals surface area contributed by atoms with E-state index >= 15 is 0 Å². The van der Waals surface area contributed by atoms with Crippen molar-refractivity contribution in [2.45, 2.75) is 0 Å². The maximum Gasteiger partial charge on any atom is 0.199 e. The van der Waals surface area contributed by atoms with Gasteiger partial charge >= 0.3 is 0 Å². The van der Waals surface area contributed by atoms with Crippen molar-refractivity contribution in [3.63, 3.8) is 0 Å². The van der Waals surface area contributed by atoms with Crippen LogP contribution >= 0.6 is 0 Å². The second-order valence-corrected chi connectivity index (χ2v) is 3.89. The molecular weight excluding hydrogens is 204 g/mol. The molecule has 1 fully saturated rings. The third-order valence-electron chi connectivity index (χ3n) is 2.77. The van der Waals surface area contributed by atoms with Crippen LogP contribution in [0.1, 0.15) is 0 Å². The van der Waals surface area contributed by atoms with Gasteiger partial charge in [0.05, 0.1) is 13.2 Å². The zero-order chi connectivity index (χ0) is 11.2. The normalized spacial score (nSPS) is 17.3. The van der Waals surface area contributed by atoms with Gasteiger partial charge in [-0.2, -0.15) is 0 Å². The summed E-state index contributed by atoms with van der Waals surface area (Å²) in [6, 6.07) is 1.90. The van der Waals surface area contributed by atoms with Crippen molar-refractivity contribution in [1.29, 1.82) is 0 Å². The van der Waals surface area contributed by atoms with Crippen LogP contribution in [0.5, 0.6) is 0 Å². The molecule has 16 heavy (non-hydrogen) atoms. The molecule has 0 unspecified atom stereocenters. The summed E-state index contributed by atoms with van der Waals surface area (Å²) in [6.07, 6.45) is 4.32. The van der Waals surface area contributed by atoms with Gasteiger partial charge in [0, 0.05) is 39.4 Å². The van der Waals surface area contributed by atoms with Crippen LogP contribution < -0.4 is 4.90 Å². The number of likely N-dealkylation sites (N-methyl/N-ethyl adjacent to an activating group) is 1. The molecule has 0 bridgehead atoms. The summed E-state index contributed by atoms with van der Waals surface area (Å²) in [5, 5.41) is 0. The third-order valence-corrected chi connectivity index (χ3v) is 2.77. The van der Waals surface area contributed by atoms with Gasteiger partial charge in [0.1, 0.15) is 5.82 Å². The van der Waals surface area contributed by atoms with Gasteiger partial charge in [-0.05, 0) is 6.07 Å². The number of hydrogen-bond donors (Lipinski definition) is 0. The van der Waals surface area contributed by atoms with E-state index in [1.54, 1.807) is 6.20 Å². The summed E-state index contributed by atoms with van der Waals surface area (Å²) >= 11 is 0. The van der Waals surface area contributed by atoms with Crippen LogP contribution in [0.2, 0.25) is 0 Å². The first kappa shape index (κ1) is 11.3. The molecule has 1 aliphatic rings. The van der Waals surface area contributed by atoms with Crippen molar-refractivity contribution < 1.29 is 4.74 Å². The lowest BCUT2D eigenvalue weighted by Gasteiger charge is -2.28. The molecule has 1 radical (unpaired) electrons. The quantitative estimate of drug-likeness (QED) is 0.718. The SMILES string of the molecule is CN(CCN1CCOCC1)c1ccn[c]n1. The van der Waals surface area contributed by atoms with Gasteiger partial charge < -0.3 is 9.64 Å². The Morgan fingerprint density at radius 2 is 2.31 bits per heavy atom. The Bertz CT molecular complexity index is 300. The Morgan fingerprint density at radius 1 is 1.50 bits per heavy atom. The van der Waals surface area contributed by atoms with E-state index in [-0.39, 0.29) is 0 Å². The fourth-order valence-corrected chi connectivity index (χ4v) is 1.70. The molecule has 1 aliphatic heterocycles. The number of hydrogen-bond acceptors (Lipinski definition) is 5. The summed E-state index contributed by atoms with van der Waals surface area (Å²) in [7, 11) is 2.04. The molecule has 0 spiro atoms. The Kier molecular flexibility index (Phi) is 4.07. The van der Waals surface area contributed by atoms with Crippen LogP contribution in [-0.2, 0) is 4.74 Å². The third kappa shape index (κ3) is 3.15. The lowest BCUT2D eigenvalue weighted by molar-refractivity contribution is 0.0392. The van der Waals surface area contributed by atoms with Crippen LogP contribution in [0.15, 0.2) is 12.3 Å². The molecule has 2 heterocycles. The second-order valence-electron chi connectivity index (χ2n) is 3.89. The smallest absolute Gasteiger partial charge is 0.199 e. The van der Waals surface area contributed by atoms with Crippen molar-refractivity contribution in [2.24, 2.45) is 0 Å². The lowest BCUT2D eigenvalue weighted by Crippen LogP contribution is -2.40. The summed E-state index contributed by atoms with van der Waals surface area (Å²) in [6.45, 7) is 5.78. The molecule has 1 aromatic heterocycles. The first-order valence-corrected chi connectivity index (χ1v) is 5.56. The van der Waals surface area contributed by atoms with Gasteiger partial charge in [0.25, 0.3) is 0 Å². The van der Waals surface area contributed by atoms with Crippen LogP contribution in [0.3, 0.4) is 0 Å². The number of aromatic nitrogens is 2. The van der Waals surface area contributed by atoms with E-state index in [4.69, 9.17) is 4.74 Å². The zero-order valence-electron chi connectivity index (χ0n) is 9.59. The van der Waals surface area contributed by atoms with Crippen molar-refractivity contribution >= 4 is 5.82 Å². The average molecular weight is 221 g/mol. The molecule has 2 rings (SSSR count). The predicted octanol–water partition coefficient (Wildman–Crippen LogP) is 0.0452. The number of anilines is 1. The first-order valence-electron chi connectivity index (χ1n) is 5.56. The van der Waals surface area contributed by atoms with Gasteiger partial charge in [-0.1, -0.05) is 0 Å². The van der Waals surface area contributed by atoms with Gasteiger partial charge in [-0.25, -0.2) is 9.97 Å². The summed E-state index contributed by atoms with van der Waals surface area (Å²) in [5.41, 5.74) is 0. The molecular formula is C11H17N4O. The minimum atomic E-state index is 0.852. The maximum absolute atomic E-state index is 5.31. The van der Waals surface area contributed by atoms with E-state index in [0.29, 0.717) is 0 Å². The molecule has 0 N–H and O–H groups in total. The first-order chi connectivity index (χ1) is 7.86. The van der Waals surface area contributed by atoms with E-state index < -0.39 is 0 Å². The Balaban J connectivity index is 1.77. The number of nitrogens with zero attached hydrogens (tertiary/aromatic N) is 4. The standard InChI is InChI=1S/C11H17N4O/c1-14(11-2-3-12-10-13-11)4-5-15-6-8-16-9-7-15/h2-3H,4-9H2,1H3. The fraction of sp³-hybridized carbons (Fsp3) is 0.636. The summed E-state index contributed by atoms with van der Waals surface area (Å²) in [5.74, 6) is 0.920. The van der Waals surface area contributed by atoms with Gasteiger partial charge in [0.15, 0.2) is 6.33 Å². The van der Waals surface area contributed by atoms with Gasteiger partial charge in [-0.3, -0.25) is 4.90 Å². The lowest BCUT2D eigenvalue weighted by atomic mass is 10.4. The molecule has 1 saturated heterocycles. The van der Waals surface area contributed by atoms with Crippen LogP contribution in [0.25, 0.3) is 0 Å². The average Bonchev–Trinajstić information content (AvgIpc) is 2.38. The Hall–Kier alpha value is -1.20. The van der Waals surface area contributed by atoms with Crippen LogP contribution in [0.4, 0.5) is 5.82 Å². The largest absolute Gasteiger partial charge is 0.379 e. The number of morpholine rings is 1. The van der Waals surface area contributed by atoms with E-state index in [1.165, 1.54) is 0 Å². The molecule has 0 aliphatic carbocycles. The molecule has 5 heteroatoms. The predicted molar refractivity (Wildman–Crippen MR) is 61.4 cm³/mol. The topological polar surface area (TPSA) is 41.5 Å². The maximum atomic E-state index is 5.31. The molecule has 5 nitrogen and oxygen atoms in total. The minimum Gasteiger partial charge on any atom is -0.379 e. The highest BCUT2D eigenvalue weighted by molar-refractivity contribution is 5.34. The minimum absolute atomic E-state index is 0.852. The van der Waals surface area contributed by atoms with Gasteiger partial charge in [0.2, 0.25) is 0 Å². The molecule has 87 valence electrons.